The standard InChI is InChI=1S/C19H27N7O.ClH/c1-12(2)18-21-13(3)10-16(22-18)25-6-8-26(9-7-25)19(27)17-14-11-20-5-4-15(14)23-24-17;/h10,12,20H,4-9,11H2,1-3H3,(H,23,24);1H. The van der Waals surface area contributed by atoms with Crippen molar-refractivity contribution < 1.29 is 4.79 Å². The normalized spacial score (nSPS) is 16.7. The summed E-state index contributed by atoms with van der Waals surface area (Å²) >= 11 is 0. The summed E-state index contributed by atoms with van der Waals surface area (Å²) in [7, 11) is 0. The molecule has 2 aromatic heterocycles. The molecule has 0 bridgehead atoms. The molecule has 4 heterocycles. The molecule has 0 spiro atoms. The number of amides is 1. The summed E-state index contributed by atoms with van der Waals surface area (Å²) < 4.78 is 0. The van der Waals surface area contributed by atoms with Crippen LogP contribution in [0.3, 0.4) is 0 Å². The summed E-state index contributed by atoms with van der Waals surface area (Å²) in [6.07, 6.45) is 0.897. The number of carbonyl (C=O) groups is 1. The fourth-order valence-corrected chi connectivity index (χ4v) is 3.69. The highest BCUT2D eigenvalue weighted by molar-refractivity contribution is 5.94. The van der Waals surface area contributed by atoms with Gasteiger partial charge in [-0.3, -0.25) is 9.89 Å². The maximum Gasteiger partial charge on any atom is 0.274 e. The molecule has 28 heavy (non-hydrogen) atoms. The first-order valence-corrected chi connectivity index (χ1v) is 9.69. The Labute approximate surface area is 171 Å². The molecule has 1 fully saturated rings. The van der Waals surface area contributed by atoms with E-state index in [9.17, 15) is 4.79 Å². The number of piperazine rings is 1. The second kappa shape index (κ2) is 8.45. The molecule has 0 unspecified atom stereocenters. The zero-order valence-corrected chi connectivity index (χ0v) is 17.5. The first-order chi connectivity index (χ1) is 13.0. The zero-order valence-electron chi connectivity index (χ0n) is 16.7. The number of rotatable bonds is 3. The third kappa shape index (κ3) is 3.98. The van der Waals surface area contributed by atoms with Gasteiger partial charge in [0.2, 0.25) is 0 Å². The molecular formula is C19H28ClN7O. The van der Waals surface area contributed by atoms with Gasteiger partial charge in [0.15, 0.2) is 5.69 Å². The molecule has 1 amide bonds. The highest BCUT2D eigenvalue weighted by atomic mass is 35.5. The van der Waals surface area contributed by atoms with Crippen molar-refractivity contribution in [1.82, 2.24) is 30.4 Å². The van der Waals surface area contributed by atoms with E-state index in [1.807, 2.05) is 17.9 Å². The molecule has 0 atom stereocenters. The van der Waals surface area contributed by atoms with Gasteiger partial charge in [-0.2, -0.15) is 5.10 Å². The quantitative estimate of drug-likeness (QED) is 0.807. The van der Waals surface area contributed by atoms with Crippen molar-refractivity contribution in [2.45, 2.75) is 39.7 Å². The smallest absolute Gasteiger partial charge is 0.274 e. The number of nitrogens with zero attached hydrogens (tertiary/aromatic N) is 5. The van der Waals surface area contributed by atoms with Crippen LogP contribution in [0.4, 0.5) is 5.82 Å². The van der Waals surface area contributed by atoms with Gasteiger partial charge in [0.1, 0.15) is 11.6 Å². The number of hydrogen-bond acceptors (Lipinski definition) is 6. The van der Waals surface area contributed by atoms with E-state index in [4.69, 9.17) is 4.98 Å². The monoisotopic (exact) mass is 405 g/mol. The number of aromatic amines is 1. The summed E-state index contributed by atoms with van der Waals surface area (Å²) in [6.45, 7) is 10.7. The lowest BCUT2D eigenvalue weighted by molar-refractivity contribution is 0.0739. The van der Waals surface area contributed by atoms with E-state index in [1.54, 1.807) is 0 Å². The molecule has 9 heteroatoms. The second-order valence-corrected chi connectivity index (χ2v) is 7.62. The fourth-order valence-electron chi connectivity index (χ4n) is 3.69. The second-order valence-electron chi connectivity index (χ2n) is 7.62. The van der Waals surface area contributed by atoms with Crippen LogP contribution < -0.4 is 10.2 Å². The average Bonchev–Trinajstić information content (AvgIpc) is 3.11. The van der Waals surface area contributed by atoms with E-state index in [-0.39, 0.29) is 18.3 Å². The van der Waals surface area contributed by atoms with Gasteiger partial charge in [-0.25, -0.2) is 9.97 Å². The van der Waals surface area contributed by atoms with E-state index < -0.39 is 0 Å². The summed E-state index contributed by atoms with van der Waals surface area (Å²) in [6, 6.07) is 2.03. The van der Waals surface area contributed by atoms with Crippen molar-refractivity contribution in [2.75, 3.05) is 37.6 Å². The zero-order chi connectivity index (χ0) is 19.0. The average molecular weight is 406 g/mol. The number of carbonyl (C=O) groups excluding carboxylic acids is 1. The number of aryl methyl sites for hydroxylation is 1. The van der Waals surface area contributed by atoms with Crippen LogP contribution in [0.1, 0.15) is 53.0 Å². The Morgan fingerprint density at radius 1 is 1.18 bits per heavy atom. The molecule has 152 valence electrons. The molecule has 0 aliphatic carbocycles. The van der Waals surface area contributed by atoms with Crippen molar-refractivity contribution in [2.24, 2.45) is 0 Å². The molecule has 4 rings (SSSR count). The largest absolute Gasteiger partial charge is 0.353 e. The van der Waals surface area contributed by atoms with Crippen LogP contribution in [0.2, 0.25) is 0 Å². The van der Waals surface area contributed by atoms with Crippen LogP contribution >= 0.6 is 12.4 Å². The fraction of sp³-hybridized carbons (Fsp3) is 0.579. The van der Waals surface area contributed by atoms with Gasteiger partial charge in [0.05, 0.1) is 0 Å². The predicted octanol–water partition coefficient (Wildman–Crippen LogP) is 1.66. The molecule has 0 aromatic carbocycles. The lowest BCUT2D eigenvalue weighted by Crippen LogP contribution is -2.49. The van der Waals surface area contributed by atoms with Crippen molar-refractivity contribution in [3.05, 3.63) is 34.5 Å². The number of aromatic nitrogens is 4. The first-order valence-electron chi connectivity index (χ1n) is 9.69. The maximum absolute atomic E-state index is 12.9. The summed E-state index contributed by atoms with van der Waals surface area (Å²) in [5, 5.41) is 10.7. The van der Waals surface area contributed by atoms with Crippen LogP contribution in [0, 0.1) is 6.92 Å². The number of nitrogens with one attached hydrogen (secondary N) is 2. The molecule has 0 radical (unpaired) electrons. The van der Waals surface area contributed by atoms with Crippen molar-refractivity contribution in [3.63, 3.8) is 0 Å². The first kappa shape index (κ1) is 20.5. The molecule has 0 saturated carbocycles. The topological polar surface area (TPSA) is 90.0 Å². The van der Waals surface area contributed by atoms with Crippen LogP contribution in [0.25, 0.3) is 0 Å². The maximum atomic E-state index is 12.9. The Kier molecular flexibility index (Phi) is 6.20. The number of halogens is 1. The molecule has 2 aliphatic rings. The summed E-state index contributed by atoms with van der Waals surface area (Å²) in [5.41, 5.74) is 3.68. The van der Waals surface area contributed by atoms with Gasteiger partial charge in [0, 0.05) is 74.6 Å². The number of anilines is 1. The Morgan fingerprint density at radius 2 is 1.93 bits per heavy atom. The number of fused-ring (bicyclic) bond motifs is 1. The Hall–Kier alpha value is -2.19. The van der Waals surface area contributed by atoms with Gasteiger partial charge in [-0.05, 0) is 6.92 Å². The molecule has 2 N–H and O–H groups in total. The molecule has 2 aliphatic heterocycles. The van der Waals surface area contributed by atoms with Crippen LogP contribution in [-0.2, 0) is 13.0 Å². The SMILES string of the molecule is Cc1cc(N2CCN(C(=O)c3n[nH]c4c3CNCC4)CC2)nc(C(C)C)n1.Cl. The summed E-state index contributed by atoms with van der Waals surface area (Å²) in [5.74, 6) is 2.15. The molecule has 2 aromatic rings. The van der Waals surface area contributed by atoms with Gasteiger partial charge < -0.3 is 15.1 Å². The number of hydrogen-bond donors (Lipinski definition) is 2. The third-order valence-corrected chi connectivity index (χ3v) is 5.27. The van der Waals surface area contributed by atoms with Crippen molar-refractivity contribution >= 4 is 24.1 Å². The summed E-state index contributed by atoms with van der Waals surface area (Å²) in [4.78, 5) is 26.3. The minimum Gasteiger partial charge on any atom is -0.353 e. The number of H-pyrrole nitrogens is 1. The lowest BCUT2D eigenvalue weighted by atomic mass is 10.1. The Morgan fingerprint density at radius 3 is 2.64 bits per heavy atom. The van der Waals surface area contributed by atoms with Crippen molar-refractivity contribution in [1.29, 1.82) is 0 Å². The molecule has 8 nitrogen and oxygen atoms in total. The van der Waals surface area contributed by atoms with Crippen LogP contribution in [0.15, 0.2) is 6.07 Å². The van der Waals surface area contributed by atoms with Gasteiger partial charge in [-0.1, -0.05) is 13.8 Å². The Balaban J connectivity index is 0.00000225. The minimum absolute atomic E-state index is 0. The lowest BCUT2D eigenvalue weighted by Gasteiger charge is -2.35. The van der Waals surface area contributed by atoms with Crippen LogP contribution in [-0.4, -0.2) is 63.7 Å². The van der Waals surface area contributed by atoms with Crippen LogP contribution in [0.5, 0.6) is 0 Å². The Bertz CT molecular complexity index is 843. The van der Waals surface area contributed by atoms with E-state index in [2.05, 4.69) is 39.2 Å². The minimum atomic E-state index is 0. The highest BCUT2D eigenvalue weighted by Gasteiger charge is 2.28. The van der Waals surface area contributed by atoms with E-state index in [1.165, 1.54) is 0 Å². The molecule has 1 saturated heterocycles. The van der Waals surface area contributed by atoms with Crippen molar-refractivity contribution in [3.8, 4) is 0 Å². The van der Waals surface area contributed by atoms with Gasteiger partial charge in [-0.15, -0.1) is 12.4 Å². The van der Waals surface area contributed by atoms with Gasteiger partial charge >= 0.3 is 0 Å². The third-order valence-electron chi connectivity index (χ3n) is 5.27. The molecular weight excluding hydrogens is 378 g/mol. The van der Waals surface area contributed by atoms with E-state index in [0.717, 1.165) is 54.6 Å². The highest BCUT2D eigenvalue weighted by Crippen LogP contribution is 2.21. The van der Waals surface area contributed by atoms with E-state index >= 15 is 0 Å². The van der Waals surface area contributed by atoms with Gasteiger partial charge in [0.25, 0.3) is 5.91 Å². The predicted molar refractivity (Wildman–Crippen MR) is 110 cm³/mol. The van der Waals surface area contributed by atoms with E-state index in [0.29, 0.717) is 31.2 Å².